The first kappa shape index (κ1) is 14.5. The zero-order valence-corrected chi connectivity index (χ0v) is 12.4. The molecule has 0 heterocycles. The molecule has 1 aromatic rings. The van der Waals surface area contributed by atoms with Crippen LogP contribution in [-0.4, -0.2) is 6.54 Å². The van der Waals surface area contributed by atoms with Crippen LogP contribution in [0.2, 0.25) is 0 Å². The molecule has 0 spiro atoms. The lowest BCUT2D eigenvalue weighted by molar-refractivity contribution is 0.501. The van der Waals surface area contributed by atoms with Gasteiger partial charge in [0.25, 0.3) is 0 Å². The molecule has 0 aliphatic carbocycles. The highest BCUT2D eigenvalue weighted by Gasteiger charge is 2.13. The highest BCUT2D eigenvalue weighted by molar-refractivity contribution is 9.10. The van der Waals surface area contributed by atoms with Gasteiger partial charge in [-0.2, -0.15) is 0 Å². The Balaban J connectivity index is 2.85. The van der Waals surface area contributed by atoms with Crippen molar-refractivity contribution >= 4 is 15.9 Å². The highest BCUT2D eigenvalue weighted by Crippen LogP contribution is 2.27. The van der Waals surface area contributed by atoms with Gasteiger partial charge in [0, 0.05) is 10.5 Å². The van der Waals surface area contributed by atoms with Crippen molar-refractivity contribution in [2.24, 2.45) is 0 Å². The second-order valence-corrected chi connectivity index (χ2v) is 5.25. The molecule has 1 rings (SSSR count). The fourth-order valence-corrected chi connectivity index (χ4v) is 2.42. The summed E-state index contributed by atoms with van der Waals surface area (Å²) in [7, 11) is 0. The Labute approximate surface area is 113 Å². The van der Waals surface area contributed by atoms with E-state index >= 15 is 0 Å². The van der Waals surface area contributed by atoms with Gasteiger partial charge < -0.3 is 5.32 Å². The SMILES string of the molecule is C=CCCC(NCCC)c1cc(C)ccc1Br. The van der Waals surface area contributed by atoms with Crippen molar-refractivity contribution in [3.63, 3.8) is 0 Å². The fourth-order valence-electron chi connectivity index (χ4n) is 1.90. The van der Waals surface area contributed by atoms with E-state index in [4.69, 9.17) is 0 Å². The van der Waals surface area contributed by atoms with Gasteiger partial charge in [-0.1, -0.05) is 46.6 Å². The molecule has 0 bridgehead atoms. The number of aryl methyl sites for hydroxylation is 1. The quantitative estimate of drug-likeness (QED) is 0.715. The Kier molecular flexibility index (Phi) is 6.53. The van der Waals surface area contributed by atoms with Crippen LogP contribution in [0.1, 0.15) is 43.4 Å². The number of hydrogen-bond donors (Lipinski definition) is 1. The van der Waals surface area contributed by atoms with Crippen molar-refractivity contribution in [2.75, 3.05) is 6.54 Å². The number of rotatable bonds is 7. The van der Waals surface area contributed by atoms with Gasteiger partial charge in [-0.3, -0.25) is 0 Å². The summed E-state index contributed by atoms with van der Waals surface area (Å²) in [5.74, 6) is 0. The second kappa shape index (κ2) is 7.67. The first-order chi connectivity index (χ1) is 8.19. The van der Waals surface area contributed by atoms with E-state index in [-0.39, 0.29) is 0 Å². The Morgan fingerprint density at radius 2 is 2.24 bits per heavy atom. The fraction of sp³-hybridized carbons (Fsp3) is 0.467. The van der Waals surface area contributed by atoms with Gasteiger partial charge in [0.1, 0.15) is 0 Å². The van der Waals surface area contributed by atoms with Crippen LogP contribution in [0.3, 0.4) is 0 Å². The molecule has 94 valence electrons. The van der Waals surface area contributed by atoms with Crippen molar-refractivity contribution in [3.05, 3.63) is 46.5 Å². The van der Waals surface area contributed by atoms with E-state index in [1.54, 1.807) is 0 Å². The van der Waals surface area contributed by atoms with E-state index in [0.717, 1.165) is 25.8 Å². The van der Waals surface area contributed by atoms with Crippen LogP contribution in [0.5, 0.6) is 0 Å². The molecular weight excluding hydrogens is 274 g/mol. The van der Waals surface area contributed by atoms with Gasteiger partial charge in [-0.15, -0.1) is 6.58 Å². The van der Waals surface area contributed by atoms with E-state index in [9.17, 15) is 0 Å². The van der Waals surface area contributed by atoms with Gasteiger partial charge in [-0.05, 0) is 44.4 Å². The van der Waals surface area contributed by atoms with Crippen LogP contribution in [-0.2, 0) is 0 Å². The Hall–Kier alpha value is -0.600. The standard InChI is InChI=1S/C15H22BrN/c1-4-6-7-15(17-10-5-2)13-11-12(3)8-9-14(13)16/h4,8-9,11,15,17H,1,5-7,10H2,2-3H3. The lowest BCUT2D eigenvalue weighted by Crippen LogP contribution is -2.22. The minimum absolute atomic E-state index is 0.419. The van der Waals surface area contributed by atoms with Gasteiger partial charge in [0.05, 0.1) is 0 Å². The highest BCUT2D eigenvalue weighted by atomic mass is 79.9. The van der Waals surface area contributed by atoms with Crippen molar-refractivity contribution < 1.29 is 0 Å². The Morgan fingerprint density at radius 3 is 2.88 bits per heavy atom. The van der Waals surface area contributed by atoms with Crippen molar-refractivity contribution in [3.8, 4) is 0 Å². The summed E-state index contributed by atoms with van der Waals surface area (Å²) in [6.07, 6.45) is 5.30. The number of nitrogens with one attached hydrogen (secondary N) is 1. The van der Waals surface area contributed by atoms with Crippen LogP contribution in [0.15, 0.2) is 35.3 Å². The molecule has 0 radical (unpaired) electrons. The van der Waals surface area contributed by atoms with Gasteiger partial charge in [0.2, 0.25) is 0 Å². The summed E-state index contributed by atoms with van der Waals surface area (Å²) in [5, 5.41) is 3.61. The molecule has 1 N–H and O–H groups in total. The van der Waals surface area contributed by atoms with E-state index < -0.39 is 0 Å². The Morgan fingerprint density at radius 1 is 1.47 bits per heavy atom. The molecule has 0 saturated carbocycles. The minimum atomic E-state index is 0.419. The summed E-state index contributed by atoms with van der Waals surface area (Å²) >= 11 is 3.65. The first-order valence-corrected chi connectivity index (χ1v) is 7.08. The smallest absolute Gasteiger partial charge is 0.0334 e. The van der Waals surface area contributed by atoms with Crippen LogP contribution in [0, 0.1) is 6.92 Å². The largest absolute Gasteiger partial charge is 0.310 e. The maximum atomic E-state index is 3.81. The maximum Gasteiger partial charge on any atom is 0.0334 e. The average Bonchev–Trinajstić information content (AvgIpc) is 2.33. The molecule has 17 heavy (non-hydrogen) atoms. The zero-order chi connectivity index (χ0) is 12.7. The minimum Gasteiger partial charge on any atom is -0.310 e. The van der Waals surface area contributed by atoms with E-state index in [1.165, 1.54) is 15.6 Å². The van der Waals surface area contributed by atoms with Crippen molar-refractivity contribution in [2.45, 2.75) is 39.2 Å². The summed E-state index contributed by atoms with van der Waals surface area (Å²) in [6, 6.07) is 6.96. The molecule has 1 aromatic carbocycles. The van der Waals surface area contributed by atoms with Gasteiger partial charge in [0.15, 0.2) is 0 Å². The van der Waals surface area contributed by atoms with E-state index in [1.807, 2.05) is 6.08 Å². The topological polar surface area (TPSA) is 12.0 Å². The zero-order valence-electron chi connectivity index (χ0n) is 10.8. The molecular formula is C15H22BrN. The van der Waals surface area contributed by atoms with E-state index in [2.05, 4.69) is 59.9 Å². The summed E-state index contributed by atoms with van der Waals surface area (Å²) in [6.45, 7) is 9.20. The summed E-state index contributed by atoms with van der Waals surface area (Å²) in [4.78, 5) is 0. The molecule has 0 saturated heterocycles. The molecule has 2 heteroatoms. The summed E-state index contributed by atoms with van der Waals surface area (Å²) < 4.78 is 1.20. The van der Waals surface area contributed by atoms with E-state index in [0.29, 0.717) is 6.04 Å². The average molecular weight is 296 g/mol. The number of hydrogen-bond acceptors (Lipinski definition) is 1. The number of halogens is 1. The predicted octanol–water partition coefficient (Wildman–Crippen LogP) is 4.76. The van der Waals surface area contributed by atoms with Gasteiger partial charge >= 0.3 is 0 Å². The Bertz CT molecular complexity index is 360. The van der Waals surface area contributed by atoms with Crippen LogP contribution < -0.4 is 5.32 Å². The molecule has 0 amide bonds. The molecule has 1 nitrogen and oxygen atoms in total. The molecule has 0 aromatic heterocycles. The molecule has 1 atom stereocenters. The summed E-state index contributed by atoms with van der Waals surface area (Å²) in [5.41, 5.74) is 2.67. The molecule has 0 fully saturated rings. The molecule has 0 aliphatic rings. The molecule has 0 aliphatic heterocycles. The third-order valence-electron chi connectivity index (χ3n) is 2.83. The van der Waals surface area contributed by atoms with Crippen molar-refractivity contribution in [1.29, 1.82) is 0 Å². The number of allylic oxidation sites excluding steroid dienone is 1. The predicted molar refractivity (Wildman–Crippen MR) is 79.3 cm³/mol. The molecule has 1 unspecified atom stereocenters. The third kappa shape index (κ3) is 4.64. The normalized spacial score (nSPS) is 12.4. The monoisotopic (exact) mass is 295 g/mol. The second-order valence-electron chi connectivity index (χ2n) is 4.40. The lowest BCUT2D eigenvalue weighted by atomic mass is 10.00. The van der Waals surface area contributed by atoms with Crippen LogP contribution in [0.25, 0.3) is 0 Å². The van der Waals surface area contributed by atoms with Crippen LogP contribution in [0.4, 0.5) is 0 Å². The third-order valence-corrected chi connectivity index (χ3v) is 3.55. The number of benzene rings is 1. The maximum absolute atomic E-state index is 3.81. The van der Waals surface area contributed by atoms with Gasteiger partial charge in [-0.25, -0.2) is 0 Å². The van der Waals surface area contributed by atoms with Crippen molar-refractivity contribution in [1.82, 2.24) is 5.32 Å². The lowest BCUT2D eigenvalue weighted by Gasteiger charge is -2.20. The first-order valence-electron chi connectivity index (χ1n) is 6.29. The van der Waals surface area contributed by atoms with Crippen LogP contribution >= 0.6 is 15.9 Å².